The molecule has 0 aliphatic rings. The van der Waals surface area contributed by atoms with Gasteiger partial charge in [0, 0.05) is 13.1 Å². The van der Waals surface area contributed by atoms with Crippen LogP contribution < -0.4 is 0 Å². The molecule has 0 saturated carbocycles. The van der Waals surface area contributed by atoms with Crippen molar-refractivity contribution < 1.29 is 31.1 Å². The summed E-state index contributed by atoms with van der Waals surface area (Å²) >= 11 is -1.90. The molecule has 0 rings (SSSR count). The van der Waals surface area contributed by atoms with Crippen LogP contribution in [0, 0.1) is 0 Å². The van der Waals surface area contributed by atoms with E-state index in [1.165, 1.54) is 13.8 Å². The molecule has 108 valence electrons. The third-order valence-electron chi connectivity index (χ3n) is 1.76. The van der Waals surface area contributed by atoms with Crippen LogP contribution in [-0.2, 0) is 4.79 Å². The quantitative estimate of drug-likeness (QED) is 0.570. The minimum absolute atomic E-state index is 0.0582. The topological polar surface area (TPSA) is 20.3 Å². The molecule has 0 N–H and O–H groups in total. The summed E-state index contributed by atoms with van der Waals surface area (Å²) in [5, 5.41) is 0. The van der Waals surface area contributed by atoms with Crippen LogP contribution in [0.2, 0.25) is 0 Å². The molecular formula is C8H11F6NOS2. The third-order valence-corrected chi connectivity index (χ3v) is 3.70. The van der Waals surface area contributed by atoms with Gasteiger partial charge in [-0.25, -0.2) is 0 Å². The van der Waals surface area contributed by atoms with Gasteiger partial charge in [0.2, 0.25) is 5.91 Å². The molecule has 0 aliphatic heterocycles. The lowest BCUT2D eigenvalue weighted by molar-refractivity contribution is -0.129. The Morgan fingerprint density at radius 1 is 1.00 bits per heavy atom. The first-order valence-electron chi connectivity index (χ1n) is 4.78. The molecule has 1 amide bonds. The van der Waals surface area contributed by atoms with E-state index in [1.54, 1.807) is 0 Å². The fourth-order valence-corrected chi connectivity index (χ4v) is 2.88. The molecule has 0 aromatic carbocycles. The van der Waals surface area contributed by atoms with Gasteiger partial charge in [0.15, 0.2) is 0 Å². The Kier molecular flexibility index (Phi) is 6.69. The first kappa shape index (κ1) is 17.8. The van der Waals surface area contributed by atoms with Gasteiger partial charge < -0.3 is 4.90 Å². The molecule has 0 radical (unpaired) electrons. The highest BCUT2D eigenvalue weighted by atomic mass is 32.2. The summed E-state index contributed by atoms with van der Waals surface area (Å²) in [7, 11) is 0. The van der Waals surface area contributed by atoms with Crippen molar-refractivity contribution in [3.05, 3.63) is 0 Å². The monoisotopic (exact) mass is 315 g/mol. The van der Waals surface area contributed by atoms with E-state index in [0.29, 0.717) is 0 Å². The highest BCUT2D eigenvalue weighted by Crippen LogP contribution is 2.45. The number of hydrogen-bond donors (Lipinski definition) is 0. The van der Waals surface area contributed by atoms with Crippen molar-refractivity contribution in [1.29, 1.82) is 0 Å². The third kappa shape index (κ3) is 7.24. The molecule has 0 bridgehead atoms. The number of rotatable bonds is 5. The van der Waals surface area contributed by atoms with Gasteiger partial charge in [-0.3, -0.25) is 4.79 Å². The smallest absolute Gasteiger partial charge is 0.342 e. The van der Waals surface area contributed by atoms with Crippen LogP contribution in [0.15, 0.2) is 0 Å². The number of amides is 1. The molecule has 10 heteroatoms. The first-order chi connectivity index (χ1) is 8.00. The molecular weight excluding hydrogens is 304 g/mol. The van der Waals surface area contributed by atoms with Gasteiger partial charge in [-0.15, -0.1) is 0 Å². The summed E-state index contributed by atoms with van der Waals surface area (Å²) in [5.41, 5.74) is -9.79. The van der Waals surface area contributed by atoms with Crippen molar-refractivity contribution in [3.63, 3.8) is 0 Å². The Bertz CT molecular complexity index is 260. The number of halogens is 6. The van der Waals surface area contributed by atoms with Crippen molar-refractivity contribution >= 4 is 29.4 Å². The van der Waals surface area contributed by atoms with Crippen LogP contribution in [0.1, 0.15) is 13.8 Å². The van der Waals surface area contributed by atoms with Gasteiger partial charge >= 0.3 is 11.0 Å². The molecule has 18 heavy (non-hydrogen) atoms. The van der Waals surface area contributed by atoms with E-state index >= 15 is 0 Å². The van der Waals surface area contributed by atoms with Crippen molar-refractivity contribution in [2.75, 3.05) is 13.1 Å². The van der Waals surface area contributed by atoms with Crippen molar-refractivity contribution in [2.24, 2.45) is 0 Å². The number of thioether (sulfide) groups is 2. The second kappa shape index (κ2) is 6.78. The molecule has 0 fully saturated rings. The largest absolute Gasteiger partial charge is 0.443 e. The van der Waals surface area contributed by atoms with Crippen molar-refractivity contribution in [1.82, 2.24) is 4.90 Å². The standard InChI is InChI=1S/C8H11F6NOS2/c1-3-15(4-2)5(16)6(17-7(9,10)11)18-8(12,13)14/h6H,3-4H2,1-2H3. The lowest BCUT2D eigenvalue weighted by Crippen LogP contribution is -2.38. The Hall–Kier alpha value is -0.250. The molecule has 0 aliphatic carbocycles. The zero-order valence-electron chi connectivity index (χ0n) is 9.43. The summed E-state index contributed by atoms with van der Waals surface area (Å²) in [6, 6.07) is 0. The fourth-order valence-electron chi connectivity index (χ4n) is 1.05. The van der Waals surface area contributed by atoms with Crippen LogP contribution >= 0.6 is 23.5 Å². The van der Waals surface area contributed by atoms with Gasteiger partial charge in [-0.05, 0) is 37.4 Å². The van der Waals surface area contributed by atoms with Crippen LogP contribution in [-0.4, -0.2) is 39.5 Å². The lowest BCUT2D eigenvalue weighted by Gasteiger charge is -2.25. The average Bonchev–Trinajstić information content (AvgIpc) is 2.14. The first-order valence-corrected chi connectivity index (χ1v) is 6.54. The van der Waals surface area contributed by atoms with E-state index in [2.05, 4.69) is 0 Å². The summed E-state index contributed by atoms with van der Waals surface area (Å²) < 4.78 is 70.5. The molecule has 0 spiro atoms. The van der Waals surface area contributed by atoms with E-state index < -0.39 is 45.0 Å². The Balaban J connectivity index is 4.91. The number of alkyl halides is 6. The predicted molar refractivity (Wildman–Crippen MR) is 59.0 cm³/mol. The van der Waals surface area contributed by atoms with Crippen LogP contribution in [0.3, 0.4) is 0 Å². The van der Waals surface area contributed by atoms with Gasteiger partial charge in [0.1, 0.15) is 4.58 Å². The molecule has 0 unspecified atom stereocenters. The maximum Gasteiger partial charge on any atom is 0.443 e. The summed E-state index contributed by atoms with van der Waals surface area (Å²) in [4.78, 5) is 12.5. The molecule has 0 saturated heterocycles. The minimum Gasteiger partial charge on any atom is -0.342 e. The number of hydrogen-bond acceptors (Lipinski definition) is 3. The molecule has 0 heterocycles. The van der Waals surface area contributed by atoms with Gasteiger partial charge in [-0.2, -0.15) is 26.3 Å². The Labute approximate surface area is 108 Å². The highest BCUT2D eigenvalue weighted by Gasteiger charge is 2.44. The molecule has 0 aromatic heterocycles. The highest BCUT2D eigenvalue weighted by molar-refractivity contribution is 8.18. The van der Waals surface area contributed by atoms with Gasteiger partial charge in [0.05, 0.1) is 0 Å². The Morgan fingerprint density at radius 2 is 1.33 bits per heavy atom. The minimum atomic E-state index is -4.90. The van der Waals surface area contributed by atoms with Crippen molar-refractivity contribution in [2.45, 2.75) is 29.4 Å². The fraction of sp³-hybridized carbons (Fsp3) is 0.875. The van der Waals surface area contributed by atoms with Crippen LogP contribution in [0.4, 0.5) is 26.3 Å². The second-order valence-electron chi connectivity index (χ2n) is 2.97. The number of carbonyl (C=O) groups excluding carboxylic acids is 1. The van der Waals surface area contributed by atoms with E-state index in [1.807, 2.05) is 0 Å². The normalized spacial score (nSPS) is 12.9. The summed E-state index contributed by atoms with van der Waals surface area (Å²) in [5.74, 6) is -1.18. The van der Waals surface area contributed by atoms with E-state index in [9.17, 15) is 31.1 Å². The molecule has 0 atom stereocenters. The van der Waals surface area contributed by atoms with Gasteiger partial charge in [0.25, 0.3) is 0 Å². The predicted octanol–water partition coefficient (Wildman–Crippen LogP) is 3.69. The van der Waals surface area contributed by atoms with Crippen molar-refractivity contribution in [3.8, 4) is 0 Å². The van der Waals surface area contributed by atoms with Gasteiger partial charge in [-0.1, -0.05) is 0 Å². The van der Waals surface area contributed by atoms with Crippen LogP contribution in [0.25, 0.3) is 0 Å². The number of carbonyl (C=O) groups is 1. The maximum atomic E-state index is 12.1. The van der Waals surface area contributed by atoms with E-state index in [0.717, 1.165) is 4.90 Å². The SMILES string of the molecule is CCN(CC)C(=O)C(SC(F)(F)F)SC(F)(F)F. The lowest BCUT2D eigenvalue weighted by atomic mass is 10.5. The zero-order chi connectivity index (χ0) is 14.6. The summed E-state index contributed by atoms with van der Waals surface area (Å²) in [6.45, 7) is 3.08. The number of nitrogens with zero attached hydrogens (tertiary/aromatic N) is 1. The maximum absolute atomic E-state index is 12.1. The molecule has 2 nitrogen and oxygen atoms in total. The van der Waals surface area contributed by atoms with Crippen LogP contribution in [0.5, 0.6) is 0 Å². The average molecular weight is 315 g/mol. The zero-order valence-corrected chi connectivity index (χ0v) is 11.1. The molecule has 0 aromatic rings. The Morgan fingerprint density at radius 3 is 1.56 bits per heavy atom. The van der Waals surface area contributed by atoms with E-state index in [4.69, 9.17) is 0 Å². The summed E-state index contributed by atoms with van der Waals surface area (Å²) in [6.07, 6.45) is 0. The van der Waals surface area contributed by atoms with E-state index in [-0.39, 0.29) is 13.1 Å². The second-order valence-corrected chi connectivity index (χ2v) is 5.61.